The lowest BCUT2D eigenvalue weighted by Gasteiger charge is -2.12. The minimum atomic E-state index is -0.271. The van der Waals surface area contributed by atoms with Crippen molar-refractivity contribution >= 4 is 28.7 Å². The zero-order valence-corrected chi connectivity index (χ0v) is 10.6. The molecule has 0 unspecified atom stereocenters. The van der Waals surface area contributed by atoms with Crippen LogP contribution in [0, 0.1) is 12.7 Å². The number of pyridine rings is 1. The normalized spacial score (nSPS) is 10.1. The van der Waals surface area contributed by atoms with E-state index in [9.17, 15) is 4.39 Å². The van der Waals surface area contributed by atoms with Crippen molar-refractivity contribution in [3.8, 4) is 0 Å². The molecule has 5 heteroatoms. The number of nitrogens with one attached hydrogen (secondary N) is 1. The van der Waals surface area contributed by atoms with Crippen molar-refractivity contribution in [2.45, 2.75) is 6.92 Å². The van der Waals surface area contributed by atoms with Gasteiger partial charge in [0, 0.05) is 17.4 Å². The third-order valence-corrected chi connectivity index (χ3v) is 2.81. The number of anilines is 2. The van der Waals surface area contributed by atoms with E-state index in [4.69, 9.17) is 18.0 Å². The van der Waals surface area contributed by atoms with Gasteiger partial charge in [-0.15, -0.1) is 0 Å². The Morgan fingerprint density at radius 2 is 2.11 bits per heavy atom. The van der Waals surface area contributed by atoms with Crippen molar-refractivity contribution in [2.24, 2.45) is 5.73 Å². The predicted molar refractivity (Wildman–Crippen MR) is 74.5 cm³/mol. The van der Waals surface area contributed by atoms with E-state index in [1.54, 1.807) is 37.4 Å². The molecule has 0 atom stereocenters. The number of nitrogens with two attached hydrogens (primary N) is 1. The third kappa shape index (κ3) is 2.46. The highest BCUT2D eigenvalue weighted by Crippen LogP contribution is 2.23. The molecule has 0 amide bonds. The fourth-order valence-electron chi connectivity index (χ4n) is 1.57. The summed E-state index contributed by atoms with van der Waals surface area (Å²) in [5.41, 5.74) is 7.42. The second kappa shape index (κ2) is 5.10. The zero-order chi connectivity index (χ0) is 13.1. The number of benzene rings is 1. The van der Waals surface area contributed by atoms with Gasteiger partial charge in [0.05, 0.1) is 5.56 Å². The van der Waals surface area contributed by atoms with Crippen LogP contribution in [0.4, 0.5) is 15.9 Å². The van der Waals surface area contributed by atoms with Gasteiger partial charge in [-0.1, -0.05) is 18.3 Å². The summed E-state index contributed by atoms with van der Waals surface area (Å²) in [4.78, 5) is 4.41. The highest BCUT2D eigenvalue weighted by atomic mass is 32.1. The lowest BCUT2D eigenvalue weighted by molar-refractivity contribution is 0.619. The van der Waals surface area contributed by atoms with Gasteiger partial charge in [0.25, 0.3) is 0 Å². The van der Waals surface area contributed by atoms with E-state index in [1.807, 2.05) is 0 Å². The summed E-state index contributed by atoms with van der Waals surface area (Å²) in [7, 11) is 0. The Morgan fingerprint density at radius 1 is 1.33 bits per heavy atom. The summed E-state index contributed by atoms with van der Waals surface area (Å²) in [6.07, 6.45) is 1.62. The van der Waals surface area contributed by atoms with Crippen LogP contribution in [0.15, 0.2) is 36.5 Å². The number of thiocarbonyl (C=S) groups is 1. The maximum Gasteiger partial charge on any atom is 0.140 e. The topological polar surface area (TPSA) is 50.9 Å². The molecule has 2 rings (SSSR count). The Bertz CT molecular complexity index is 599. The summed E-state index contributed by atoms with van der Waals surface area (Å²) >= 11 is 4.95. The van der Waals surface area contributed by atoms with Gasteiger partial charge in [-0.25, -0.2) is 9.37 Å². The van der Waals surface area contributed by atoms with Crippen LogP contribution in [0.5, 0.6) is 0 Å². The number of hydrogen-bond acceptors (Lipinski definition) is 3. The van der Waals surface area contributed by atoms with Crippen LogP contribution in [-0.4, -0.2) is 9.97 Å². The third-order valence-electron chi connectivity index (χ3n) is 2.59. The molecule has 0 spiro atoms. The second-order valence-corrected chi connectivity index (χ2v) is 4.24. The second-order valence-electron chi connectivity index (χ2n) is 3.80. The number of aromatic nitrogens is 1. The molecule has 1 aromatic heterocycles. The molecule has 2 aromatic rings. The Kier molecular flexibility index (Phi) is 3.53. The number of halogens is 1. The van der Waals surface area contributed by atoms with Crippen molar-refractivity contribution in [3.05, 3.63) is 53.5 Å². The fourth-order valence-corrected chi connectivity index (χ4v) is 1.74. The summed E-state index contributed by atoms with van der Waals surface area (Å²) in [6, 6.07) is 8.34. The van der Waals surface area contributed by atoms with Gasteiger partial charge in [-0.05, 0) is 31.2 Å². The van der Waals surface area contributed by atoms with Gasteiger partial charge in [-0.2, -0.15) is 0 Å². The van der Waals surface area contributed by atoms with Gasteiger partial charge >= 0.3 is 0 Å². The molecule has 0 saturated carbocycles. The van der Waals surface area contributed by atoms with E-state index < -0.39 is 0 Å². The van der Waals surface area contributed by atoms with E-state index >= 15 is 0 Å². The lowest BCUT2D eigenvalue weighted by Crippen LogP contribution is -2.13. The van der Waals surface area contributed by atoms with E-state index in [2.05, 4.69) is 10.3 Å². The maximum absolute atomic E-state index is 13.4. The first-order chi connectivity index (χ1) is 8.59. The molecule has 0 radical (unpaired) electrons. The molecule has 0 aliphatic heterocycles. The van der Waals surface area contributed by atoms with E-state index in [1.165, 1.54) is 6.07 Å². The largest absolute Gasteiger partial charge is 0.389 e. The standard InChI is InChI=1S/C13H12FN3S/c1-8-10(14)5-2-6-11(8)17-13-9(12(15)18)4-3-7-16-13/h2-7H,1H3,(H2,15,18)(H,16,17). The highest BCUT2D eigenvalue weighted by molar-refractivity contribution is 7.80. The lowest BCUT2D eigenvalue weighted by atomic mass is 10.1. The Balaban J connectivity index is 2.40. The van der Waals surface area contributed by atoms with Gasteiger partial charge in [0.2, 0.25) is 0 Å². The molecule has 0 aliphatic carbocycles. The SMILES string of the molecule is Cc1c(F)cccc1Nc1ncccc1C(N)=S. The summed E-state index contributed by atoms with van der Waals surface area (Å²) in [6.45, 7) is 1.70. The predicted octanol–water partition coefficient (Wildman–Crippen LogP) is 2.91. The average Bonchev–Trinajstić information content (AvgIpc) is 2.35. The molecule has 0 saturated heterocycles. The number of hydrogen-bond donors (Lipinski definition) is 2. The number of nitrogens with zero attached hydrogens (tertiary/aromatic N) is 1. The monoisotopic (exact) mass is 261 g/mol. The molecule has 1 aromatic carbocycles. The first-order valence-corrected chi connectivity index (χ1v) is 5.77. The molecule has 0 fully saturated rings. The molecule has 3 nitrogen and oxygen atoms in total. The van der Waals surface area contributed by atoms with Crippen LogP contribution < -0.4 is 11.1 Å². The van der Waals surface area contributed by atoms with Crippen LogP contribution in [0.2, 0.25) is 0 Å². The zero-order valence-electron chi connectivity index (χ0n) is 9.77. The van der Waals surface area contributed by atoms with Crippen molar-refractivity contribution in [1.29, 1.82) is 0 Å². The molecule has 1 heterocycles. The minimum absolute atomic E-state index is 0.250. The average molecular weight is 261 g/mol. The molecule has 18 heavy (non-hydrogen) atoms. The van der Waals surface area contributed by atoms with Crippen molar-refractivity contribution in [1.82, 2.24) is 4.98 Å². The van der Waals surface area contributed by atoms with E-state index in [0.29, 0.717) is 22.6 Å². The molecular formula is C13H12FN3S. The van der Waals surface area contributed by atoms with Crippen LogP contribution in [-0.2, 0) is 0 Å². The Morgan fingerprint density at radius 3 is 2.83 bits per heavy atom. The van der Waals surface area contributed by atoms with Crippen LogP contribution in [0.3, 0.4) is 0 Å². The van der Waals surface area contributed by atoms with Crippen LogP contribution in [0.1, 0.15) is 11.1 Å². The molecule has 3 N–H and O–H groups in total. The van der Waals surface area contributed by atoms with Gasteiger partial charge < -0.3 is 11.1 Å². The van der Waals surface area contributed by atoms with Crippen LogP contribution in [0.25, 0.3) is 0 Å². The highest BCUT2D eigenvalue weighted by Gasteiger charge is 2.08. The maximum atomic E-state index is 13.4. The van der Waals surface area contributed by atoms with Crippen molar-refractivity contribution < 1.29 is 4.39 Å². The first kappa shape index (κ1) is 12.4. The van der Waals surface area contributed by atoms with Crippen molar-refractivity contribution in [3.63, 3.8) is 0 Å². The Hall–Kier alpha value is -2.01. The van der Waals surface area contributed by atoms with E-state index in [-0.39, 0.29) is 10.8 Å². The number of rotatable bonds is 3. The summed E-state index contributed by atoms with van der Waals surface area (Å²) in [5.74, 6) is 0.256. The quantitative estimate of drug-likeness (QED) is 0.834. The van der Waals surface area contributed by atoms with Crippen LogP contribution >= 0.6 is 12.2 Å². The summed E-state index contributed by atoms with van der Waals surface area (Å²) < 4.78 is 13.4. The Labute approximate surface area is 110 Å². The first-order valence-electron chi connectivity index (χ1n) is 5.36. The molecular weight excluding hydrogens is 249 g/mol. The van der Waals surface area contributed by atoms with Gasteiger partial charge in [0.1, 0.15) is 16.6 Å². The minimum Gasteiger partial charge on any atom is -0.389 e. The molecule has 92 valence electrons. The van der Waals surface area contributed by atoms with Gasteiger partial charge in [-0.3, -0.25) is 0 Å². The van der Waals surface area contributed by atoms with Crippen molar-refractivity contribution in [2.75, 3.05) is 5.32 Å². The molecule has 0 aliphatic rings. The summed E-state index contributed by atoms with van der Waals surface area (Å²) in [5, 5.41) is 3.04. The molecule has 0 bridgehead atoms. The van der Waals surface area contributed by atoms with Gasteiger partial charge in [0.15, 0.2) is 0 Å². The fraction of sp³-hybridized carbons (Fsp3) is 0.0769. The smallest absolute Gasteiger partial charge is 0.140 e. The van der Waals surface area contributed by atoms with E-state index in [0.717, 1.165) is 0 Å².